The van der Waals surface area contributed by atoms with Gasteiger partial charge in [0.1, 0.15) is 11.7 Å². The molecule has 0 spiro atoms. The van der Waals surface area contributed by atoms with Gasteiger partial charge in [0.15, 0.2) is 17.3 Å². The number of hydrogen-bond acceptors (Lipinski definition) is 6. The third-order valence-electron chi connectivity index (χ3n) is 4.55. The summed E-state index contributed by atoms with van der Waals surface area (Å²) in [7, 11) is 0. The van der Waals surface area contributed by atoms with Gasteiger partial charge in [0.25, 0.3) is 0 Å². The number of carbonyl (C=O) groups is 1. The van der Waals surface area contributed by atoms with Crippen LogP contribution in [0.15, 0.2) is 29.5 Å². The van der Waals surface area contributed by atoms with Crippen LogP contribution in [-0.2, 0) is 9.53 Å². The largest absolute Gasteiger partial charge is 0.490 e. The zero-order valence-electron chi connectivity index (χ0n) is 14.6. The monoisotopic (exact) mass is 376 g/mol. The molecule has 1 N–H and O–H groups in total. The Morgan fingerprint density at radius 2 is 2.15 bits per heavy atom. The molecule has 0 saturated heterocycles. The first-order valence-corrected chi connectivity index (χ1v) is 8.60. The Morgan fingerprint density at radius 3 is 2.81 bits per heavy atom. The van der Waals surface area contributed by atoms with Crippen molar-refractivity contribution in [3.8, 4) is 17.6 Å². The summed E-state index contributed by atoms with van der Waals surface area (Å²) >= 11 is 0. The van der Waals surface area contributed by atoms with Crippen LogP contribution in [0, 0.1) is 22.7 Å². The van der Waals surface area contributed by atoms with E-state index in [9.17, 15) is 18.8 Å². The Labute approximate surface area is 154 Å². The number of benzene rings is 1. The lowest BCUT2D eigenvalue weighted by Gasteiger charge is -2.34. The molecule has 1 aliphatic carbocycles. The summed E-state index contributed by atoms with van der Waals surface area (Å²) in [6.07, 6.45) is 1.48. The van der Waals surface area contributed by atoms with E-state index in [0.717, 1.165) is 0 Å². The van der Waals surface area contributed by atoms with Gasteiger partial charge in [-0.15, -0.1) is 0 Å². The smallest absolute Gasteiger partial charge is 0.387 e. The van der Waals surface area contributed by atoms with Crippen molar-refractivity contribution in [1.82, 2.24) is 0 Å². The average Bonchev–Trinajstić information content (AvgIpc) is 2.62. The second-order valence-corrected chi connectivity index (χ2v) is 6.18. The van der Waals surface area contributed by atoms with Crippen LogP contribution in [0.1, 0.15) is 37.7 Å². The number of nitrogens with zero attached hydrogens (tertiary/aromatic N) is 1. The van der Waals surface area contributed by atoms with E-state index in [0.29, 0.717) is 36.2 Å². The topological polar surface area (TPSA) is 92.4 Å². The molecule has 0 bridgehead atoms. The summed E-state index contributed by atoms with van der Waals surface area (Å²) in [5, 5.41) is 17.6. The highest BCUT2D eigenvalue weighted by molar-refractivity contribution is 6.01. The van der Waals surface area contributed by atoms with Crippen molar-refractivity contribution in [3.05, 3.63) is 35.1 Å². The third kappa shape index (κ3) is 3.63. The molecule has 2 aliphatic rings. The van der Waals surface area contributed by atoms with Gasteiger partial charge >= 0.3 is 6.61 Å². The Morgan fingerprint density at radius 1 is 1.37 bits per heavy atom. The Kier molecular flexibility index (Phi) is 5.40. The van der Waals surface area contributed by atoms with Crippen molar-refractivity contribution in [2.24, 2.45) is 5.92 Å². The van der Waals surface area contributed by atoms with E-state index in [-0.39, 0.29) is 29.8 Å². The van der Waals surface area contributed by atoms with Crippen molar-refractivity contribution >= 4 is 11.7 Å². The molecule has 6 nitrogen and oxygen atoms in total. The highest BCUT2D eigenvalue weighted by Gasteiger charge is 2.42. The van der Waals surface area contributed by atoms with Crippen LogP contribution in [0.5, 0.6) is 11.5 Å². The zero-order chi connectivity index (χ0) is 19.6. The highest BCUT2D eigenvalue weighted by Crippen LogP contribution is 2.45. The molecule has 142 valence electrons. The predicted octanol–water partition coefficient (Wildman–Crippen LogP) is 3.92. The molecule has 0 amide bonds. The molecule has 2 unspecified atom stereocenters. The Bertz CT molecular complexity index is 845. The number of ketones is 1. The second kappa shape index (κ2) is 7.74. The lowest BCUT2D eigenvalue weighted by Crippen LogP contribution is -2.34. The number of carbonyl (C=O) groups excluding carboxylic acids is 1. The predicted molar refractivity (Wildman–Crippen MR) is 90.8 cm³/mol. The molecule has 27 heavy (non-hydrogen) atoms. The first-order chi connectivity index (χ1) is 13.0. The number of ether oxygens (including phenoxy) is 3. The van der Waals surface area contributed by atoms with Crippen LogP contribution in [0.2, 0.25) is 0 Å². The molecule has 1 aromatic rings. The fraction of sp³-hybridized carbons (Fsp3) is 0.421. The number of allylic oxidation sites excluding steroid dienone is 2. The third-order valence-corrected chi connectivity index (χ3v) is 4.55. The van der Waals surface area contributed by atoms with Crippen molar-refractivity contribution in [3.63, 3.8) is 0 Å². The summed E-state index contributed by atoms with van der Waals surface area (Å²) < 4.78 is 40.5. The van der Waals surface area contributed by atoms with Gasteiger partial charge in [-0.3, -0.25) is 10.2 Å². The standard InChI is InChI=1S/C19H18F2N2O4/c1-2-25-15-8-10(6-7-13(15)27-19(20)21)16-11(9-22)18(23)26-14-5-3-4-12(24)17(14)16/h6-8,11,16,19,23H,2-5H2,1H3. The molecule has 0 fully saturated rings. The van der Waals surface area contributed by atoms with Crippen molar-refractivity contribution in [2.45, 2.75) is 38.7 Å². The molecule has 1 aliphatic heterocycles. The lowest BCUT2D eigenvalue weighted by molar-refractivity contribution is -0.116. The number of Topliss-reactive ketones (excluding diaryl/α,β-unsaturated/α-hetero) is 1. The fourth-order valence-corrected chi connectivity index (χ4v) is 3.47. The molecule has 1 aromatic carbocycles. The second-order valence-electron chi connectivity index (χ2n) is 6.18. The minimum atomic E-state index is -3.01. The van der Waals surface area contributed by atoms with Gasteiger partial charge in [0, 0.05) is 24.3 Å². The van der Waals surface area contributed by atoms with Crippen molar-refractivity contribution in [2.75, 3.05) is 6.61 Å². The van der Waals surface area contributed by atoms with Gasteiger partial charge in [-0.1, -0.05) is 6.07 Å². The quantitative estimate of drug-likeness (QED) is 0.841. The van der Waals surface area contributed by atoms with E-state index in [4.69, 9.17) is 14.9 Å². The first-order valence-electron chi connectivity index (χ1n) is 8.60. The Balaban J connectivity index is 2.11. The minimum absolute atomic E-state index is 0.0930. The molecule has 3 rings (SSSR count). The van der Waals surface area contributed by atoms with Crippen molar-refractivity contribution < 1.29 is 27.8 Å². The van der Waals surface area contributed by atoms with Gasteiger partial charge in [-0.25, -0.2) is 0 Å². The van der Waals surface area contributed by atoms with Gasteiger partial charge in [0.2, 0.25) is 5.90 Å². The molecule has 2 atom stereocenters. The summed E-state index contributed by atoms with van der Waals surface area (Å²) in [6, 6.07) is 6.35. The molecule has 0 radical (unpaired) electrons. The maximum Gasteiger partial charge on any atom is 0.387 e. The number of nitrogens with one attached hydrogen (secondary N) is 1. The number of hydrogen-bond donors (Lipinski definition) is 1. The first kappa shape index (κ1) is 18.8. The lowest BCUT2D eigenvalue weighted by atomic mass is 9.74. The van der Waals surface area contributed by atoms with Crippen LogP contribution in [-0.4, -0.2) is 24.9 Å². The van der Waals surface area contributed by atoms with Gasteiger partial charge in [-0.2, -0.15) is 14.0 Å². The van der Waals surface area contributed by atoms with E-state index in [1.165, 1.54) is 18.2 Å². The average molecular weight is 376 g/mol. The molecule has 1 heterocycles. The van der Waals surface area contributed by atoms with E-state index < -0.39 is 18.4 Å². The van der Waals surface area contributed by atoms with E-state index >= 15 is 0 Å². The summed E-state index contributed by atoms with van der Waals surface area (Å²) in [6.45, 7) is -1.08. The highest BCUT2D eigenvalue weighted by atomic mass is 19.3. The molecular formula is C19H18F2N2O4. The van der Waals surface area contributed by atoms with Crippen LogP contribution in [0.25, 0.3) is 0 Å². The summed E-state index contributed by atoms with van der Waals surface area (Å²) in [5.74, 6) is -1.66. The van der Waals surface area contributed by atoms with Crippen LogP contribution in [0.3, 0.4) is 0 Å². The minimum Gasteiger partial charge on any atom is -0.490 e. The van der Waals surface area contributed by atoms with E-state index in [1.807, 2.05) is 6.07 Å². The molecule has 0 aromatic heterocycles. The maximum atomic E-state index is 12.6. The van der Waals surface area contributed by atoms with Gasteiger partial charge < -0.3 is 14.2 Å². The SMILES string of the molecule is CCOc1cc(C2C3=C(CCCC3=O)OC(=N)C2C#N)ccc1OC(F)F. The fourth-order valence-electron chi connectivity index (χ4n) is 3.47. The van der Waals surface area contributed by atoms with Crippen LogP contribution < -0.4 is 9.47 Å². The number of alkyl halides is 2. The molecular weight excluding hydrogens is 358 g/mol. The van der Waals surface area contributed by atoms with Gasteiger partial charge in [-0.05, 0) is 31.0 Å². The van der Waals surface area contributed by atoms with Crippen LogP contribution >= 0.6 is 0 Å². The molecule has 8 heteroatoms. The number of nitriles is 1. The molecule has 0 saturated carbocycles. The normalized spacial score (nSPS) is 22.2. The van der Waals surface area contributed by atoms with Crippen LogP contribution in [0.4, 0.5) is 8.78 Å². The number of halogens is 2. The number of rotatable bonds is 5. The zero-order valence-corrected chi connectivity index (χ0v) is 14.6. The van der Waals surface area contributed by atoms with E-state index in [2.05, 4.69) is 4.74 Å². The Hall–Kier alpha value is -2.95. The van der Waals surface area contributed by atoms with Crippen molar-refractivity contribution in [1.29, 1.82) is 10.7 Å². The van der Waals surface area contributed by atoms with Gasteiger partial charge in [0.05, 0.1) is 12.7 Å². The summed E-state index contributed by atoms with van der Waals surface area (Å²) in [5.41, 5.74) is 0.899. The van der Waals surface area contributed by atoms with E-state index in [1.54, 1.807) is 6.92 Å². The maximum absolute atomic E-state index is 12.6. The summed E-state index contributed by atoms with van der Waals surface area (Å²) in [4.78, 5) is 12.5.